The van der Waals surface area contributed by atoms with Crippen LogP contribution in [0.25, 0.3) is 0 Å². The van der Waals surface area contributed by atoms with Crippen molar-refractivity contribution in [2.75, 3.05) is 5.32 Å². The first-order valence-electron chi connectivity index (χ1n) is 5.92. The van der Waals surface area contributed by atoms with Crippen molar-refractivity contribution >= 4 is 5.69 Å². The van der Waals surface area contributed by atoms with Gasteiger partial charge in [-0.2, -0.15) is 0 Å². The molecule has 1 N–H and O–H groups in total. The highest BCUT2D eigenvalue weighted by Gasteiger charge is 2.41. The highest BCUT2D eigenvalue weighted by molar-refractivity contribution is 5.49. The van der Waals surface area contributed by atoms with Crippen LogP contribution in [-0.2, 0) is 4.74 Å². The third kappa shape index (κ3) is 1.87. The Kier molecular flexibility index (Phi) is 2.88. The van der Waals surface area contributed by atoms with Gasteiger partial charge in [0.1, 0.15) is 5.69 Å². The summed E-state index contributed by atoms with van der Waals surface area (Å²) in [5.41, 5.74) is -0.974. The van der Waals surface area contributed by atoms with E-state index in [-0.39, 0.29) is 12.2 Å². The lowest BCUT2D eigenvalue weighted by molar-refractivity contribution is 0.102. The van der Waals surface area contributed by atoms with Gasteiger partial charge in [0.15, 0.2) is 23.3 Å². The Bertz CT molecular complexity index is 506. The number of anilines is 1. The molecule has 0 aliphatic carbocycles. The first-order valence-corrected chi connectivity index (χ1v) is 5.92. The molecule has 0 radical (unpaired) electrons. The van der Waals surface area contributed by atoms with Crippen molar-refractivity contribution in [3.05, 3.63) is 29.1 Å². The van der Waals surface area contributed by atoms with Crippen LogP contribution in [0, 0.1) is 29.1 Å². The summed E-state index contributed by atoms with van der Waals surface area (Å²) in [6.45, 7) is 0. The summed E-state index contributed by atoms with van der Waals surface area (Å²) in [5.74, 6) is -9.70. The summed E-state index contributed by atoms with van der Waals surface area (Å²) in [5, 5.41) is 2.40. The Morgan fingerprint density at radius 1 is 0.842 bits per heavy atom. The van der Waals surface area contributed by atoms with Crippen molar-refractivity contribution in [3.63, 3.8) is 0 Å². The fraction of sp³-hybridized carbons (Fsp3) is 0.500. The number of nitrogens with one attached hydrogen (secondary N) is 1. The van der Waals surface area contributed by atoms with Crippen molar-refractivity contribution in [1.82, 2.24) is 0 Å². The van der Waals surface area contributed by atoms with Crippen LogP contribution < -0.4 is 5.32 Å². The van der Waals surface area contributed by atoms with E-state index in [2.05, 4.69) is 5.32 Å². The van der Waals surface area contributed by atoms with Crippen molar-refractivity contribution in [2.24, 2.45) is 0 Å². The second-order valence-electron chi connectivity index (χ2n) is 4.81. The predicted octanol–water partition coefficient (Wildman–Crippen LogP) is 3.11. The van der Waals surface area contributed by atoms with Crippen molar-refractivity contribution in [1.29, 1.82) is 0 Å². The van der Waals surface area contributed by atoms with E-state index < -0.39 is 40.8 Å². The van der Waals surface area contributed by atoms with Crippen LogP contribution in [0.3, 0.4) is 0 Å². The maximum atomic E-state index is 13.5. The quantitative estimate of drug-likeness (QED) is 0.510. The van der Waals surface area contributed by atoms with Crippen LogP contribution >= 0.6 is 0 Å². The molecule has 3 unspecified atom stereocenters. The van der Waals surface area contributed by atoms with Crippen molar-refractivity contribution in [2.45, 2.75) is 37.5 Å². The van der Waals surface area contributed by atoms with Crippen molar-refractivity contribution < 1.29 is 26.7 Å². The summed E-state index contributed by atoms with van der Waals surface area (Å²) in [6, 6.07) is -0.424. The first kappa shape index (κ1) is 12.7. The molecular weight excluding hydrogens is 269 g/mol. The molecule has 2 saturated heterocycles. The van der Waals surface area contributed by atoms with Gasteiger partial charge in [-0.25, -0.2) is 22.0 Å². The van der Waals surface area contributed by atoms with Crippen LogP contribution in [-0.4, -0.2) is 18.2 Å². The van der Waals surface area contributed by atoms with Gasteiger partial charge in [-0.05, 0) is 19.3 Å². The molecule has 2 aliphatic rings. The van der Waals surface area contributed by atoms with Crippen LogP contribution in [0.15, 0.2) is 0 Å². The summed E-state index contributed by atoms with van der Waals surface area (Å²) >= 11 is 0. The van der Waals surface area contributed by atoms with Crippen LogP contribution in [0.2, 0.25) is 0 Å². The summed E-state index contributed by atoms with van der Waals surface area (Å²) in [6.07, 6.45) is 1.85. The molecule has 0 amide bonds. The summed E-state index contributed by atoms with van der Waals surface area (Å²) in [4.78, 5) is 0. The van der Waals surface area contributed by atoms with Crippen LogP contribution in [0.1, 0.15) is 19.3 Å². The van der Waals surface area contributed by atoms with Gasteiger partial charge in [0, 0.05) is 0 Å². The number of halogens is 5. The third-order valence-electron chi connectivity index (χ3n) is 3.65. The predicted molar refractivity (Wildman–Crippen MR) is 56.2 cm³/mol. The van der Waals surface area contributed by atoms with E-state index in [0.717, 1.165) is 12.8 Å². The minimum atomic E-state index is -2.15. The number of hydrogen-bond donors (Lipinski definition) is 1. The van der Waals surface area contributed by atoms with E-state index in [9.17, 15) is 22.0 Å². The highest BCUT2D eigenvalue weighted by atomic mass is 19.2. The van der Waals surface area contributed by atoms with E-state index in [1.807, 2.05) is 0 Å². The Labute approximate surface area is 105 Å². The Morgan fingerprint density at radius 2 is 1.42 bits per heavy atom. The molecule has 2 heterocycles. The lowest BCUT2D eigenvalue weighted by Gasteiger charge is -2.22. The largest absolute Gasteiger partial charge is 0.375 e. The summed E-state index contributed by atoms with van der Waals surface area (Å²) in [7, 11) is 0. The van der Waals surface area contributed by atoms with Gasteiger partial charge in [-0.3, -0.25) is 0 Å². The Balaban J connectivity index is 1.93. The molecule has 1 aromatic carbocycles. The average Bonchev–Trinajstić information content (AvgIpc) is 3.01. The minimum absolute atomic E-state index is 0.00349. The molecule has 7 heteroatoms. The van der Waals surface area contributed by atoms with Gasteiger partial charge >= 0.3 is 0 Å². The molecule has 2 bridgehead atoms. The number of rotatable bonds is 2. The van der Waals surface area contributed by atoms with Gasteiger partial charge in [0.25, 0.3) is 0 Å². The third-order valence-corrected chi connectivity index (χ3v) is 3.65. The maximum absolute atomic E-state index is 13.5. The molecule has 104 valence electrons. The Morgan fingerprint density at radius 3 is 1.89 bits per heavy atom. The van der Waals surface area contributed by atoms with E-state index in [1.165, 1.54) is 0 Å². The molecule has 2 nitrogen and oxygen atoms in total. The zero-order valence-corrected chi connectivity index (χ0v) is 9.65. The van der Waals surface area contributed by atoms with Gasteiger partial charge in [0.05, 0.1) is 18.2 Å². The van der Waals surface area contributed by atoms with Gasteiger partial charge in [0.2, 0.25) is 5.82 Å². The lowest BCUT2D eigenvalue weighted by atomic mass is 9.95. The smallest absolute Gasteiger partial charge is 0.200 e. The van der Waals surface area contributed by atoms with E-state index in [1.54, 1.807) is 0 Å². The van der Waals surface area contributed by atoms with Gasteiger partial charge in [-0.1, -0.05) is 0 Å². The maximum Gasteiger partial charge on any atom is 0.200 e. The zero-order valence-electron chi connectivity index (χ0n) is 9.65. The normalized spacial score (nSPS) is 29.0. The van der Waals surface area contributed by atoms with Gasteiger partial charge < -0.3 is 10.1 Å². The summed E-state index contributed by atoms with van der Waals surface area (Å²) < 4.78 is 71.3. The minimum Gasteiger partial charge on any atom is -0.375 e. The molecular formula is C12H10F5NO. The average molecular weight is 279 g/mol. The number of fused-ring (bicyclic) bond motifs is 2. The SMILES string of the molecule is Fc1c(F)c(F)c(NC2CC3CCC2O3)c(F)c1F. The number of hydrogen-bond acceptors (Lipinski definition) is 2. The monoisotopic (exact) mass is 279 g/mol. The lowest BCUT2D eigenvalue weighted by Crippen LogP contribution is -2.31. The molecule has 2 fully saturated rings. The fourth-order valence-corrected chi connectivity index (χ4v) is 2.71. The second kappa shape index (κ2) is 4.33. The van der Waals surface area contributed by atoms with E-state index in [0.29, 0.717) is 6.42 Å². The molecule has 0 spiro atoms. The molecule has 3 atom stereocenters. The van der Waals surface area contributed by atoms with Crippen LogP contribution in [0.5, 0.6) is 0 Å². The molecule has 1 aromatic rings. The Hall–Kier alpha value is -1.37. The van der Waals surface area contributed by atoms with Crippen molar-refractivity contribution in [3.8, 4) is 0 Å². The molecule has 0 saturated carbocycles. The zero-order chi connectivity index (χ0) is 13.7. The van der Waals surface area contributed by atoms with Crippen LogP contribution in [0.4, 0.5) is 27.6 Å². The highest BCUT2D eigenvalue weighted by Crippen LogP contribution is 2.37. The molecule has 3 rings (SSSR count). The number of benzene rings is 1. The standard InChI is InChI=1S/C12H10F5NO/c13-7-8(14)10(16)12(11(17)9(7)15)18-5-3-4-1-2-6(5)19-4/h4-6,18H,1-3H2. The topological polar surface area (TPSA) is 21.3 Å². The van der Waals surface area contributed by atoms with E-state index >= 15 is 0 Å². The molecule has 2 aliphatic heterocycles. The fourth-order valence-electron chi connectivity index (χ4n) is 2.71. The number of ether oxygens (including phenoxy) is 1. The first-order chi connectivity index (χ1) is 8.99. The second-order valence-corrected chi connectivity index (χ2v) is 4.81. The van der Waals surface area contributed by atoms with Gasteiger partial charge in [-0.15, -0.1) is 0 Å². The molecule has 0 aromatic heterocycles. The van der Waals surface area contributed by atoms with E-state index in [4.69, 9.17) is 4.74 Å². The molecule has 19 heavy (non-hydrogen) atoms.